The number of carbonyl (C=O) groups is 1. The van der Waals surface area contributed by atoms with E-state index in [1.54, 1.807) is 0 Å². The molecule has 5 atom stereocenters. The summed E-state index contributed by atoms with van der Waals surface area (Å²) in [5, 5.41) is 49.9. The number of esters is 1. The molecule has 5 N–H and O–H groups in total. The summed E-state index contributed by atoms with van der Waals surface area (Å²) < 4.78 is 21.0. The fourth-order valence-electron chi connectivity index (χ4n) is 3.47. The van der Waals surface area contributed by atoms with Crippen molar-refractivity contribution < 1.29 is 49.0 Å². The van der Waals surface area contributed by atoms with Crippen LogP contribution in [0.2, 0.25) is 0 Å². The van der Waals surface area contributed by atoms with Gasteiger partial charge in [-0.05, 0) is 24.3 Å². The lowest BCUT2D eigenvalue weighted by molar-refractivity contribution is -0.271. The van der Waals surface area contributed by atoms with Crippen LogP contribution in [0.3, 0.4) is 0 Å². The van der Waals surface area contributed by atoms with Gasteiger partial charge >= 0.3 is 5.97 Å². The molecule has 0 amide bonds. The van der Waals surface area contributed by atoms with E-state index in [0.717, 1.165) is 13.2 Å². The van der Waals surface area contributed by atoms with Gasteiger partial charge < -0.3 is 44.2 Å². The van der Waals surface area contributed by atoms with Crippen LogP contribution in [0, 0.1) is 0 Å². The molecule has 11 heteroatoms. The van der Waals surface area contributed by atoms with Gasteiger partial charge in [-0.1, -0.05) is 0 Å². The Labute approximate surface area is 185 Å². The summed E-state index contributed by atoms with van der Waals surface area (Å²) in [6.07, 6.45) is -8.57. The third-order valence-corrected chi connectivity index (χ3v) is 5.19. The maximum Gasteiger partial charge on any atom is 0.337 e. The first-order valence-electron chi connectivity index (χ1n) is 9.74. The zero-order valence-corrected chi connectivity index (χ0v) is 17.1. The lowest BCUT2D eigenvalue weighted by atomic mass is 9.99. The number of aliphatic hydroxyl groups excluding tert-OH is 3. The van der Waals surface area contributed by atoms with Gasteiger partial charge in [-0.25, -0.2) is 4.79 Å². The number of benzene rings is 2. The predicted molar refractivity (Wildman–Crippen MR) is 111 cm³/mol. The standard InChI is InChI=1S/C22H20O11/c1-30-21(29)20-18(27)17(26)19(28)22(33-20)31-11-6-12(24)16-13(25)8-14(32-15(16)7-11)9-2-4-10(23)5-3-9/h2-8,17-20,22-24,26-28H,1H3/t17-,18-,19?,20?,22+/m0/s1. The van der Waals surface area contributed by atoms with Gasteiger partial charge in [0.1, 0.15) is 52.3 Å². The topological polar surface area (TPSA) is 176 Å². The lowest BCUT2D eigenvalue weighted by Gasteiger charge is -2.38. The monoisotopic (exact) mass is 460 g/mol. The SMILES string of the molecule is COC(=O)C1O[C@@H](Oc2cc(O)c3c(=O)cc(-c4ccc(O)cc4)oc3c2)C(O)[C@@H](O)[C@@H]1O. The van der Waals surface area contributed by atoms with E-state index in [9.17, 15) is 35.1 Å². The van der Waals surface area contributed by atoms with E-state index < -0.39 is 47.9 Å². The maximum atomic E-state index is 12.6. The summed E-state index contributed by atoms with van der Waals surface area (Å²) in [6.45, 7) is 0. The van der Waals surface area contributed by atoms with Crippen LogP contribution in [0.5, 0.6) is 17.2 Å². The Balaban J connectivity index is 1.70. The molecule has 0 radical (unpaired) electrons. The highest BCUT2D eigenvalue weighted by Crippen LogP contribution is 2.33. The highest BCUT2D eigenvalue weighted by molar-refractivity contribution is 5.86. The molecule has 174 valence electrons. The molecule has 2 aromatic carbocycles. The lowest BCUT2D eigenvalue weighted by Crippen LogP contribution is -2.61. The number of carbonyl (C=O) groups excluding carboxylic acids is 1. The van der Waals surface area contributed by atoms with Crippen molar-refractivity contribution in [2.24, 2.45) is 0 Å². The molecule has 1 aliphatic heterocycles. The van der Waals surface area contributed by atoms with Crippen molar-refractivity contribution in [2.45, 2.75) is 30.7 Å². The Morgan fingerprint density at radius 2 is 1.67 bits per heavy atom. The summed E-state index contributed by atoms with van der Waals surface area (Å²) in [7, 11) is 1.06. The summed E-state index contributed by atoms with van der Waals surface area (Å²) >= 11 is 0. The quantitative estimate of drug-likeness (QED) is 0.337. The van der Waals surface area contributed by atoms with Crippen molar-refractivity contribution in [1.29, 1.82) is 0 Å². The van der Waals surface area contributed by atoms with Crippen molar-refractivity contribution in [3.05, 3.63) is 52.7 Å². The number of fused-ring (bicyclic) bond motifs is 1. The zero-order valence-electron chi connectivity index (χ0n) is 17.1. The molecule has 0 spiro atoms. The minimum absolute atomic E-state index is 0.0267. The van der Waals surface area contributed by atoms with Crippen LogP contribution in [0.25, 0.3) is 22.3 Å². The van der Waals surface area contributed by atoms with Gasteiger partial charge in [-0.3, -0.25) is 4.79 Å². The summed E-state index contributed by atoms with van der Waals surface area (Å²) in [6, 6.07) is 9.39. The Morgan fingerprint density at radius 3 is 2.33 bits per heavy atom. The number of phenolic OH excluding ortho intramolecular Hbond substituents is 2. The summed E-state index contributed by atoms with van der Waals surface area (Å²) in [5.74, 6) is -1.42. The van der Waals surface area contributed by atoms with Crippen LogP contribution >= 0.6 is 0 Å². The summed E-state index contributed by atoms with van der Waals surface area (Å²) in [5.41, 5.74) is -0.112. The first kappa shape index (κ1) is 22.6. The molecular formula is C22H20O11. The molecule has 0 saturated carbocycles. The van der Waals surface area contributed by atoms with Gasteiger partial charge in [-0.2, -0.15) is 0 Å². The first-order valence-corrected chi connectivity index (χ1v) is 9.74. The van der Waals surface area contributed by atoms with Crippen LogP contribution in [0.15, 0.2) is 51.7 Å². The van der Waals surface area contributed by atoms with Crippen molar-refractivity contribution in [3.63, 3.8) is 0 Å². The van der Waals surface area contributed by atoms with Gasteiger partial charge in [0.15, 0.2) is 11.5 Å². The second-order valence-electron chi connectivity index (χ2n) is 7.38. The molecule has 4 rings (SSSR count). The Morgan fingerprint density at radius 1 is 0.970 bits per heavy atom. The van der Waals surface area contributed by atoms with Crippen molar-refractivity contribution in [3.8, 4) is 28.6 Å². The van der Waals surface area contributed by atoms with E-state index in [4.69, 9.17) is 13.9 Å². The average molecular weight is 460 g/mol. The Kier molecular flexibility index (Phi) is 5.95. The third-order valence-electron chi connectivity index (χ3n) is 5.19. The number of aliphatic hydroxyl groups is 3. The first-order chi connectivity index (χ1) is 15.7. The van der Waals surface area contributed by atoms with Crippen LogP contribution in [0.4, 0.5) is 0 Å². The van der Waals surface area contributed by atoms with Crippen LogP contribution in [0.1, 0.15) is 0 Å². The van der Waals surface area contributed by atoms with Crippen LogP contribution in [-0.2, 0) is 14.3 Å². The number of hydrogen-bond donors (Lipinski definition) is 5. The van der Waals surface area contributed by atoms with Crippen molar-refractivity contribution >= 4 is 16.9 Å². The molecule has 2 heterocycles. The van der Waals surface area contributed by atoms with Gasteiger partial charge in [0, 0.05) is 23.8 Å². The molecule has 0 aliphatic carbocycles. The summed E-state index contributed by atoms with van der Waals surface area (Å²) in [4.78, 5) is 24.4. The average Bonchev–Trinajstić information content (AvgIpc) is 2.78. The largest absolute Gasteiger partial charge is 0.508 e. The zero-order chi connectivity index (χ0) is 23.9. The third kappa shape index (κ3) is 4.22. The molecule has 11 nitrogen and oxygen atoms in total. The van der Waals surface area contributed by atoms with Crippen LogP contribution < -0.4 is 10.2 Å². The minimum Gasteiger partial charge on any atom is -0.508 e. The van der Waals surface area contributed by atoms with E-state index in [1.165, 1.54) is 36.4 Å². The smallest absolute Gasteiger partial charge is 0.337 e. The highest BCUT2D eigenvalue weighted by Gasteiger charge is 2.48. The molecule has 1 aliphatic rings. The van der Waals surface area contributed by atoms with E-state index in [1.807, 2.05) is 0 Å². The number of methoxy groups -OCH3 is 1. The van der Waals surface area contributed by atoms with Gasteiger partial charge in [0.2, 0.25) is 6.29 Å². The highest BCUT2D eigenvalue weighted by atomic mass is 16.7. The van der Waals surface area contributed by atoms with Gasteiger partial charge in [0.25, 0.3) is 0 Å². The molecule has 1 saturated heterocycles. The predicted octanol–water partition coefficient (Wildman–Crippen LogP) is 0.231. The van der Waals surface area contributed by atoms with E-state index in [-0.39, 0.29) is 28.2 Å². The second-order valence-corrected chi connectivity index (χ2v) is 7.38. The number of phenols is 2. The number of rotatable bonds is 4. The molecule has 0 bridgehead atoms. The fourth-order valence-corrected chi connectivity index (χ4v) is 3.47. The minimum atomic E-state index is -1.79. The fraction of sp³-hybridized carbons (Fsp3) is 0.273. The Hall–Kier alpha value is -3.64. The number of ether oxygens (including phenoxy) is 3. The number of aromatic hydroxyl groups is 2. The number of hydrogen-bond acceptors (Lipinski definition) is 11. The van der Waals surface area contributed by atoms with E-state index in [2.05, 4.69) is 4.74 Å². The molecule has 2 unspecified atom stereocenters. The molecule has 33 heavy (non-hydrogen) atoms. The molecule has 3 aromatic rings. The normalized spacial score (nSPS) is 25.0. The maximum absolute atomic E-state index is 12.6. The van der Waals surface area contributed by atoms with Gasteiger partial charge in [-0.15, -0.1) is 0 Å². The van der Waals surface area contributed by atoms with E-state index >= 15 is 0 Å². The second kappa shape index (κ2) is 8.71. The van der Waals surface area contributed by atoms with Crippen molar-refractivity contribution in [2.75, 3.05) is 7.11 Å². The molecule has 1 aromatic heterocycles. The van der Waals surface area contributed by atoms with Gasteiger partial charge in [0.05, 0.1) is 7.11 Å². The van der Waals surface area contributed by atoms with E-state index in [0.29, 0.717) is 5.56 Å². The van der Waals surface area contributed by atoms with Crippen molar-refractivity contribution in [1.82, 2.24) is 0 Å². The molecule has 1 fully saturated rings. The molecular weight excluding hydrogens is 440 g/mol. The Bertz CT molecular complexity index is 1230. The van der Waals surface area contributed by atoms with Crippen LogP contribution in [-0.4, -0.2) is 69.3 Å².